The van der Waals surface area contributed by atoms with E-state index < -0.39 is 12.1 Å². The first-order chi connectivity index (χ1) is 30.0. The van der Waals surface area contributed by atoms with Gasteiger partial charge in [0.1, 0.15) is 0 Å². The van der Waals surface area contributed by atoms with E-state index in [2.05, 4.69) is 19.2 Å². The summed E-state index contributed by atoms with van der Waals surface area (Å²) in [6.45, 7) is 4.90. The Morgan fingerprint density at radius 3 is 1.11 bits per heavy atom. The average Bonchev–Trinajstić information content (AvgIpc) is 3.26. The normalized spacial score (nSPS) is 12.7. The van der Waals surface area contributed by atoms with E-state index >= 15 is 0 Å². The summed E-state index contributed by atoms with van der Waals surface area (Å²) in [5.41, 5.74) is 0. The first-order valence-corrected chi connectivity index (χ1v) is 27.5. The Labute approximate surface area is 380 Å². The molecule has 0 fully saturated rings. The van der Waals surface area contributed by atoms with Crippen LogP contribution in [0.25, 0.3) is 0 Å². The number of carbonyl (C=O) groups excluding carboxylic acids is 2. The fourth-order valence-electron chi connectivity index (χ4n) is 8.58. The lowest BCUT2D eigenvalue weighted by molar-refractivity contribution is -0.143. The summed E-state index contributed by atoms with van der Waals surface area (Å²) in [5.74, 6) is -0.0727. The highest BCUT2D eigenvalue weighted by Crippen LogP contribution is 2.17. The third-order valence-electron chi connectivity index (χ3n) is 12.8. The average molecular weight is 862 g/mol. The Morgan fingerprint density at radius 1 is 0.443 bits per heavy atom. The predicted molar refractivity (Wildman–Crippen MR) is 264 cm³/mol. The molecule has 0 bridgehead atoms. The number of aliphatic hydroxyl groups excluding tert-OH is 2. The van der Waals surface area contributed by atoms with E-state index in [1.54, 1.807) is 6.08 Å². The van der Waals surface area contributed by atoms with E-state index in [4.69, 9.17) is 4.74 Å². The largest absolute Gasteiger partial charge is 0.466 e. The second-order valence-corrected chi connectivity index (χ2v) is 18.9. The van der Waals surface area contributed by atoms with Crippen molar-refractivity contribution in [2.45, 2.75) is 315 Å². The molecule has 0 aromatic rings. The molecule has 0 aliphatic rings. The van der Waals surface area contributed by atoms with Crippen molar-refractivity contribution in [3.63, 3.8) is 0 Å². The van der Waals surface area contributed by atoms with Gasteiger partial charge in [-0.3, -0.25) is 9.59 Å². The van der Waals surface area contributed by atoms with E-state index in [9.17, 15) is 19.8 Å². The molecule has 0 saturated heterocycles. The van der Waals surface area contributed by atoms with Crippen LogP contribution in [0.3, 0.4) is 0 Å². The summed E-state index contributed by atoms with van der Waals surface area (Å²) in [6.07, 6.45) is 59.3. The van der Waals surface area contributed by atoms with E-state index in [0.29, 0.717) is 19.4 Å². The van der Waals surface area contributed by atoms with Crippen molar-refractivity contribution in [2.75, 3.05) is 13.2 Å². The molecular weight excluding hydrogens is 755 g/mol. The third kappa shape index (κ3) is 47.9. The Hall–Kier alpha value is -1.40. The number of allylic oxidation sites excluding steroid dienone is 1. The molecule has 61 heavy (non-hydrogen) atoms. The molecule has 6 heteroatoms. The third-order valence-corrected chi connectivity index (χ3v) is 12.8. The molecule has 3 N–H and O–H groups in total. The van der Waals surface area contributed by atoms with Gasteiger partial charge in [-0.2, -0.15) is 0 Å². The highest BCUT2D eigenvalue weighted by atomic mass is 16.5. The molecule has 0 rings (SSSR count). The SMILES string of the molecule is CCCCCCCCCCCCCCC/C=C/C(O)C(CO)NC(=O)CCCCCCCCCCCCCCCCCOC(=O)CCCCCCCCCCCCCCCC. The van der Waals surface area contributed by atoms with E-state index in [-0.39, 0.29) is 18.5 Å². The Kier molecular flexibility index (Phi) is 50.1. The molecule has 0 radical (unpaired) electrons. The number of esters is 1. The molecule has 2 unspecified atom stereocenters. The molecule has 0 aromatic heterocycles. The number of amides is 1. The van der Waals surface area contributed by atoms with Crippen molar-refractivity contribution in [1.29, 1.82) is 0 Å². The molecule has 0 spiro atoms. The Bertz CT molecular complexity index is 909. The smallest absolute Gasteiger partial charge is 0.305 e. The lowest BCUT2D eigenvalue weighted by Gasteiger charge is -2.20. The number of hydrogen-bond acceptors (Lipinski definition) is 5. The van der Waals surface area contributed by atoms with Gasteiger partial charge < -0.3 is 20.3 Å². The summed E-state index contributed by atoms with van der Waals surface area (Å²) in [5, 5.41) is 23.1. The van der Waals surface area contributed by atoms with Crippen molar-refractivity contribution in [1.82, 2.24) is 5.32 Å². The molecule has 0 saturated carbocycles. The molecule has 0 aromatic carbocycles. The number of aliphatic hydroxyl groups is 2. The Morgan fingerprint density at radius 2 is 0.754 bits per heavy atom. The predicted octanol–water partition coefficient (Wildman–Crippen LogP) is 16.5. The van der Waals surface area contributed by atoms with Gasteiger partial charge >= 0.3 is 5.97 Å². The van der Waals surface area contributed by atoms with Gasteiger partial charge in [0.2, 0.25) is 5.91 Å². The second kappa shape index (κ2) is 51.2. The summed E-state index contributed by atoms with van der Waals surface area (Å²) < 4.78 is 5.47. The maximum Gasteiger partial charge on any atom is 0.305 e. The summed E-state index contributed by atoms with van der Waals surface area (Å²) in [4.78, 5) is 24.5. The second-order valence-electron chi connectivity index (χ2n) is 18.9. The van der Waals surface area contributed by atoms with Crippen LogP contribution >= 0.6 is 0 Å². The first-order valence-electron chi connectivity index (χ1n) is 27.5. The van der Waals surface area contributed by atoms with Crippen molar-refractivity contribution in [3.8, 4) is 0 Å². The van der Waals surface area contributed by atoms with Gasteiger partial charge in [-0.25, -0.2) is 0 Å². The van der Waals surface area contributed by atoms with E-state index in [1.165, 1.54) is 231 Å². The van der Waals surface area contributed by atoms with Gasteiger partial charge in [0.25, 0.3) is 0 Å². The van der Waals surface area contributed by atoms with Crippen LogP contribution in [0.15, 0.2) is 12.2 Å². The van der Waals surface area contributed by atoms with Crippen molar-refractivity contribution >= 4 is 11.9 Å². The molecule has 362 valence electrons. The molecule has 0 heterocycles. The topological polar surface area (TPSA) is 95.9 Å². The monoisotopic (exact) mass is 862 g/mol. The van der Waals surface area contributed by atoms with Crippen LogP contribution in [0, 0.1) is 0 Å². The Balaban J connectivity index is 3.45. The number of nitrogens with one attached hydrogen (secondary N) is 1. The number of carbonyl (C=O) groups is 2. The van der Waals surface area contributed by atoms with E-state index in [1.807, 2.05) is 6.08 Å². The van der Waals surface area contributed by atoms with Gasteiger partial charge in [0, 0.05) is 12.8 Å². The van der Waals surface area contributed by atoms with Gasteiger partial charge in [-0.05, 0) is 32.1 Å². The molecule has 2 atom stereocenters. The molecule has 1 amide bonds. The zero-order valence-electron chi connectivity index (χ0n) is 41.2. The highest BCUT2D eigenvalue weighted by molar-refractivity contribution is 5.76. The van der Waals surface area contributed by atoms with Crippen LogP contribution < -0.4 is 5.32 Å². The molecule has 6 nitrogen and oxygen atoms in total. The summed E-state index contributed by atoms with van der Waals surface area (Å²) in [7, 11) is 0. The maximum absolute atomic E-state index is 12.4. The lowest BCUT2D eigenvalue weighted by atomic mass is 10.0. The summed E-state index contributed by atoms with van der Waals surface area (Å²) >= 11 is 0. The number of unbranched alkanes of at least 4 members (excludes halogenated alkanes) is 40. The summed E-state index contributed by atoms with van der Waals surface area (Å²) in [6, 6.07) is -0.633. The zero-order chi connectivity index (χ0) is 44.4. The van der Waals surface area contributed by atoms with Crippen molar-refractivity contribution < 1.29 is 24.5 Å². The lowest BCUT2D eigenvalue weighted by Crippen LogP contribution is -2.45. The van der Waals surface area contributed by atoms with Crippen LogP contribution in [0.4, 0.5) is 0 Å². The molecular formula is C55H107NO5. The number of rotatable bonds is 51. The fourth-order valence-corrected chi connectivity index (χ4v) is 8.58. The maximum atomic E-state index is 12.4. The quantitative estimate of drug-likeness (QED) is 0.0322. The standard InChI is InChI=1S/C55H107NO5/c1-3-5-7-9-11-13-15-17-20-23-27-31-35-39-43-47-53(58)52(51-57)56-54(59)48-44-40-36-32-28-24-21-19-22-26-30-34-38-42-46-50-61-55(60)49-45-41-37-33-29-25-18-16-14-12-10-8-6-4-2/h43,47,52-53,57-58H,3-42,44-46,48-51H2,1-2H3,(H,56,59)/b47-43+. The number of ether oxygens (including phenoxy) is 1. The van der Waals surface area contributed by atoms with Crippen molar-refractivity contribution in [3.05, 3.63) is 12.2 Å². The van der Waals surface area contributed by atoms with Crippen LogP contribution in [-0.4, -0.2) is 47.4 Å². The van der Waals surface area contributed by atoms with Crippen LogP contribution in [0.1, 0.15) is 303 Å². The molecule has 0 aliphatic heterocycles. The first kappa shape index (κ1) is 59.6. The van der Waals surface area contributed by atoms with Gasteiger partial charge in [-0.15, -0.1) is 0 Å². The number of hydrogen-bond donors (Lipinski definition) is 3. The highest BCUT2D eigenvalue weighted by Gasteiger charge is 2.18. The zero-order valence-corrected chi connectivity index (χ0v) is 41.2. The molecule has 0 aliphatic carbocycles. The van der Waals surface area contributed by atoms with Gasteiger partial charge in [0.15, 0.2) is 0 Å². The van der Waals surface area contributed by atoms with E-state index in [0.717, 1.165) is 44.9 Å². The van der Waals surface area contributed by atoms with Gasteiger partial charge in [-0.1, -0.05) is 270 Å². The van der Waals surface area contributed by atoms with Crippen molar-refractivity contribution in [2.24, 2.45) is 0 Å². The minimum absolute atomic E-state index is 0.00211. The minimum atomic E-state index is -0.849. The van der Waals surface area contributed by atoms with Crippen LogP contribution in [0.5, 0.6) is 0 Å². The fraction of sp³-hybridized carbons (Fsp3) is 0.927. The van der Waals surface area contributed by atoms with Gasteiger partial charge in [0.05, 0.1) is 25.4 Å². The van der Waals surface area contributed by atoms with Crippen LogP contribution in [-0.2, 0) is 14.3 Å². The minimum Gasteiger partial charge on any atom is -0.466 e. The van der Waals surface area contributed by atoms with Crippen LogP contribution in [0.2, 0.25) is 0 Å².